The van der Waals surface area contributed by atoms with E-state index in [1.807, 2.05) is 0 Å². The molecule has 0 aromatic heterocycles. The largest absolute Gasteiger partial charge is 0.396 e. The monoisotopic (exact) mass is 293 g/mol. The van der Waals surface area contributed by atoms with Gasteiger partial charge in [0.25, 0.3) is 0 Å². The smallest absolute Gasteiger partial charge is 0.0471 e. The van der Waals surface area contributed by atoms with Gasteiger partial charge in [-0.1, -0.05) is 48.5 Å². The van der Waals surface area contributed by atoms with Crippen LogP contribution in [0.3, 0.4) is 0 Å². The predicted molar refractivity (Wildman–Crippen MR) is 89.2 cm³/mol. The first kappa shape index (κ1) is 14.0. The summed E-state index contributed by atoms with van der Waals surface area (Å²) in [6, 6.07) is 17.7. The van der Waals surface area contributed by atoms with Gasteiger partial charge in [-0.25, -0.2) is 0 Å². The molecular weight excluding hydrogens is 270 g/mol. The molecule has 22 heavy (non-hydrogen) atoms. The fraction of sp³-hybridized carbons (Fsp3) is 0.400. The molecule has 3 aliphatic carbocycles. The lowest BCUT2D eigenvalue weighted by molar-refractivity contribution is 0.108. The molecule has 2 heteroatoms. The Balaban J connectivity index is 1.94. The Kier molecular flexibility index (Phi) is 3.32. The molecule has 0 saturated heterocycles. The van der Waals surface area contributed by atoms with E-state index in [0.717, 1.165) is 6.54 Å². The van der Waals surface area contributed by atoms with Crippen LogP contribution in [-0.2, 0) is 0 Å². The second-order valence-electron chi connectivity index (χ2n) is 6.99. The summed E-state index contributed by atoms with van der Waals surface area (Å²) in [7, 11) is 4.27. The summed E-state index contributed by atoms with van der Waals surface area (Å²) < 4.78 is 0. The molecule has 2 bridgehead atoms. The molecular formula is C20H23NO. The van der Waals surface area contributed by atoms with Gasteiger partial charge in [0.15, 0.2) is 0 Å². The number of fused-ring (bicyclic) bond motifs is 1. The molecule has 2 aromatic rings. The van der Waals surface area contributed by atoms with Crippen LogP contribution in [0.4, 0.5) is 0 Å². The fourth-order valence-corrected chi connectivity index (χ4v) is 4.81. The van der Waals surface area contributed by atoms with Crippen LogP contribution in [0.2, 0.25) is 0 Å². The van der Waals surface area contributed by atoms with Gasteiger partial charge in [0.1, 0.15) is 0 Å². The predicted octanol–water partition coefficient (Wildman–Crippen LogP) is 3.06. The van der Waals surface area contributed by atoms with Crippen molar-refractivity contribution in [2.24, 2.45) is 11.8 Å². The topological polar surface area (TPSA) is 23.5 Å². The second-order valence-corrected chi connectivity index (χ2v) is 6.99. The summed E-state index contributed by atoms with van der Waals surface area (Å²) in [4.78, 5) is 2.26. The maximum absolute atomic E-state index is 10.1. The van der Waals surface area contributed by atoms with Gasteiger partial charge in [-0.05, 0) is 48.2 Å². The van der Waals surface area contributed by atoms with Crippen molar-refractivity contribution in [3.63, 3.8) is 0 Å². The average molecular weight is 293 g/mol. The number of nitrogens with zero attached hydrogens (tertiary/aromatic N) is 1. The molecule has 114 valence electrons. The number of benzene rings is 2. The number of aliphatic hydroxyl groups is 1. The van der Waals surface area contributed by atoms with E-state index in [2.05, 4.69) is 67.5 Å². The highest BCUT2D eigenvalue weighted by Crippen LogP contribution is 2.58. The third-order valence-corrected chi connectivity index (χ3v) is 5.53. The maximum Gasteiger partial charge on any atom is 0.0471 e. The van der Waals surface area contributed by atoms with E-state index in [1.54, 1.807) is 0 Å². The molecule has 2 aromatic carbocycles. The highest BCUT2D eigenvalue weighted by atomic mass is 16.3. The zero-order valence-corrected chi connectivity index (χ0v) is 13.2. The van der Waals surface area contributed by atoms with Crippen LogP contribution in [0.5, 0.6) is 0 Å². The minimum Gasteiger partial charge on any atom is -0.396 e. The summed E-state index contributed by atoms with van der Waals surface area (Å²) in [5.41, 5.74) is 5.81. The molecule has 0 fully saturated rings. The molecule has 3 aliphatic rings. The van der Waals surface area contributed by atoms with Crippen molar-refractivity contribution in [2.75, 3.05) is 27.2 Å². The van der Waals surface area contributed by atoms with Crippen LogP contribution in [0.15, 0.2) is 48.5 Å². The van der Waals surface area contributed by atoms with Crippen molar-refractivity contribution in [1.29, 1.82) is 0 Å². The SMILES string of the molecule is CN(C)CC1C2c3ccccc3C(c3ccccc32)C1CO. The van der Waals surface area contributed by atoms with Crippen LogP contribution < -0.4 is 0 Å². The van der Waals surface area contributed by atoms with Crippen molar-refractivity contribution in [3.8, 4) is 0 Å². The third-order valence-electron chi connectivity index (χ3n) is 5.53. The van der Waals surface area contributed by atoms with E-state index >= 15 is 0 Å². The number of rotatable bonds is 3. The molecule has 5 rings (SSSR count). The summed E-state index contributed by atoms with van der Waals surface area (Å²) in [6.07, 6.45) is 0. The van der Waals surface area contributed by atoms with E-state index in [-0.39, 0.29) is 6.61 Å². The first-order valence-corrected chi connectivity index (χ1v) is 8.15. The first-order chi connectivity index (χ1) is 10.7. The molecule has 0 aliphatic heterocycles. The van der Waals surface area contributed by atoms with E-state index in [1.165, 1.54) is 22.3 Å². The van der Waals surface area contributed by atoms with Crippen LogP contribution in [0.25, 0.3) is 0 Å². The lowest BCUT2D eigenvalue weighted by Crippen LogP contribution is -2.45. The van der Waals surface area contributed by atoms with Crippen molar-refractivity contribution < 1.29 is 5.11 Å². The van der Waals surface area contributed by atoms with Gasteiger partial charge < -0.3 is 10.0 Å². The first-order valence-electron chi connectivity index (χ1n) is 8.15. The number of aliphatic hydroxyl groups excluding tert-OH is 1. The zero-order chi connectivity index (χ0) is 15.3. The number of hydrogen-bond acceptors (Lipinski definition) is 2. The Hall–Kier alpha value is -1.64. The van der Waals surface area contributed by atoms with Gasteiger partial charge in [0, 0.05) is 25.0 Å². The van der Waals surface area contributed by atoms with Crippen molar-refractivity contribution in [3.05, 3.63) is 70.8 Å². The lowest BCUT2D eigenvalue weighted by Gasteiger charge is -2.51. The van der Waals surface area contributed by atoms with Crippen LogP contribution >= 0.6 is 0 Å². The minimum absolute atomic E-state index is 0.266. The van der Waals surface area contributed by atoms with Crippen LogP contribution in [0.1, 0.15) is 34.1 Å². The molecule has 2 unspecified atom stereocenters. The van der Waals surface area contributed by atoms with Gasteiger partial charge in [-0.2, -0.15) is 0 Å². The summed E-state index contributed by atoms with van der Waals surface area (Å²) >= 11 is 0. The Labute approximate surface area is 132 Å². The third kappa shape index (κ3) is 1.87. The molecule has 1 N–H and O–H groups in total. The quantitative estimate of drug-likeness (QED) is 0.940. The van der Waals surface area contributed by atoms with Crippen molar-refractivity contribution >= 4 is 0 Å². The molecule has 2 nitrogen and oxygen atoms in total. The standard InChI is InChI=1S/C20H23NO/c1-21(2)11-17-18(12-22)20-15-9-5-3-7-13(15)19(17)14-8-4-6-10-16(14)20/h3-10,17-20,22H,11-12H2,1-2H3. The van der Waals surface area contributed by atoms with Crippen LogP contribution in [-0.4, -0.2) is 37.3 Å². The van der Waals surface area contributed by atoms with E-state index in [0.29, 0.717) is 23.7 Å². The number of hydrogen-bond donors (Lipinski definition) is 1. The Bertz CT molecular complexity index is 646. The summed E-state index contributed by atoms with van der Waals surface area (Å²) in [6.45, 7) is 1.29. The zero-order valence-electron chi connectivity index (χ0n) is 13.2. The Morgan fingerprint density at radius 1 is 0.773 bits per heavy atom. The highest BCUT2D eigenvalue weighted by molar-refractivity contribution is 5.56. The molecule has 0 spiro atoms. The molecule has 0 amide bonds. The second kappa shape index (κ2) is 5.22. The van der Waals surface area contributed by atoms with E-state index < -0.39 is 0 Å². The van der Waals surface area contributed by atoms with Crippen molar-refractivity contribution in [2.45, 2.75) is 11.8 Å². The molecule has 0 radical (unpaired) electrons. The van der Waals surface area contributed by atoms with Gasteiger partial charge in [0.05, 0.1) is 0 Å². The summed E-state index contributed by atoms with van der Waals surface area (Å²) in [5, 5.41) is 10.1. The normalized spacial score (nSPS) is 28.5. The minimum atomic E-state index is 0.266. The van der Waals surface area contributed by atoms with E-state index in [4.69, 9.17) is 0 Å². The van der Waals surface area contributed by atoms with E-state index in [9.17, 15) is 5.11 Å². The lowest BCUT2D eigenvalue weighted by atomic mass is 9.54. The Morgan fingerprint density at radius 2 is 1.18 bits per heavy atom. The molecule has 0 saturated carbocycles. The summed E-state index contributed by atoms with van der Waals surface area (Å²) in [5.74, 6) is 1.55. The molecule has 0 heterocycles. The molecule has 2 atom stereocenters. The van der Waals surface area contributed by atoms with Gasteiger partial charge in [0.2, 0.25) is 0 Å². The van der Waals surface area contributed by atoms with Gasteiger partial charge >= 0.3 is 0 Å². The Morgan fingerprint density at radius 3 is 1.55 bits per heavy atom. The highest BCUT2D eigenvalue weighted by Gasteiger charge is 2.49. The van der Waals surface area contributed by atoms with Crippen molar-refractivity contribution in [1.82, 2.24) is 4.90 Å². The van der Waals surface area contributed by atoms with Gasteiger partial charge in [-0.15, -0.1) is 0 Å². The van der Waals surface area contributed by atoms with Crippen LogP contribution in [0, 0.1) is 11.8 Å². The maximum atomic E-state index is 10.1. The average Bonchev–Trinajstić information content (AvgIpc) is 2.54. The fourth-order valence-electron chi connectivity index (χ4n) is 4.81. The van der Waals surface area contributed by atoms with Gasteiger partial charge in [-0.3, -0.25) is 0 Å².